The molecule has 0 unspecified atom stereocenters. The summed E-state index contributed by atoms with van der Waals surface area (Å²) in [6, 6.07) is 10.5. The Morgan fingerprint density at radius 3 is 2.27 bits per heavy atom. The molecule has 0 spiro atoms. The van der Waals surface area contributed by atoms with Crippen molar-refractivity contribution in [3.8, 4) is 5.75 Å². The van der Waals surface area contributed by atoms with E-state index in [0.29, 0.717) is 63.5 Å². The number of amides is 1. The molecule has 2 fully saturated rings. The maximum Gasteiger partial charge on any atom is 0.573 e. The number of thiazole rings is 1. The van der Waals surface area contributed by atoms with E-state index < -0.39 is 29.8 Å². The van der Waals surface area contributed by atoms with E-state index in [1.54, 1.807) is 6.07 Å². The van der Waals surface area contributed by atoms with Gasteiger partial charge in [0.15, 0.2) is 5.78 Å². The number of hydrogen-bond acceptors (Lipinski definition) is 7. The summed E-state index contributed by atoms with van der Waals surface area (Å²) in [6.45, 7) is 4.62. The standard InChI is InChI=1S/C30H30F6N4O3S/c1-19-26(24(41)18-38-13-15-39(16-14-38)22-6-4-5-21(17-22)29(31,32)33)37-27(44-19)20-9-11-40(12-10-20)28(42)23-7-2-3-8-25(23)43-30(34,35)36/h2-8,17,20H,9-16,18H2,1H3. The molecule has 0 radical (unpaired) electrons. The summed E-state index contributed by atoms with van der Waals surface area (Å²) in [7, 11) is 0. The first kappa shape index (κ1) is 31.8. The number of ketones is 1. The fourth-order valence-corrected chi connectivity index (χ4v) is 6.64. The molecule has 3 heterocycles. The lowest BCUT2D eigenvalue weighted by molar-refractivity contribution is -0.274. The SMILES string of the molecule is Cc1sc(C2CCN(C(=O)c3ccccc3OC(F)(F)F)CC2)nc1C(=O)CN1CCN(c2cccc(C(F)(F)F)c2)CC1. The zero-order chi connectivity index (χ0) is 31.6. The molecular weight excluding hydrogens is 610 g/mol. The lowest BCUT2D eigenvalue weighted by Gasteiger charge is -2.35. The van der Waals surface area contributed by atoms with Gasteiger partial charge in [-0.15, -0.1) is 24.5 Å². The smallest absolute Gasteiger partial charge is 0.405 e. The fraction of sp³-hybridized carbons (Fsp3) is 0.433. The number of para-hydroxylation sites is 1. The van der Waals surface area contributed by atoms with Crippen LogP contribution in [0.4, 0.5) is 32.0 Å². The molecule has 14 heteroatoms. The summed E-state index contributed by atoms with van der Waals surface area (Å²) >= 11 is 1.43. The highest BCUT2D eigenvalue weighted by atomic mass is 32.1. The van der Waals surface area contributed by atoms with Crippen LogP contribution in [0.5, 0.6) is 5.75 Å². The van der Waals surface area contributed by atoms with Gasteiger partial charge in [-0.3, -0.25) is 14.5 Å². The zero-order valence-electron chi connectivity index (χ0n) is 23.7. The Kier molecular flexibility index (Phi) is 9.21. The largest absolute Gasteiger partial charge is 0.573 e. The molecule has 44 heavy (non-hydrogen) atoms. The number of carbonyl (C=O) groups excluding carboxylic acids is 2. The number of carbonyl (C=O) groups is 2. The average molecular weight is 641 g/mol. The van der Waals surface area contributed by atoms with Gasteiger partial charge in [-0.05, 0) is 50.1 Å². The molecule has 0 aliphatic carbocycles. The molecule has 2 aromatic carbocycles. The number of nitrogens with zero attached hydrogens (tertiary/aromatic N) is 4. The summed E-state index contributed by atoms with van der Waals surface area (Å²) in [5, 5.41) is 0.785. The van der Waals surface area contributed by atoms with E-state index in [-0.39, 0.29) is 23.8 Å². The minimum Gasteiger partial charge on any atom is -0.405 e. The fourth-order valence-electron chi connectivity index (χ4n) is 5.53. The second kappa shape index (κ2) is 12.8. The number of aryl methyl sites for hydroxylation is 1. The lowest BCUT2D eigenvalue weighted by atomic mass is 9.97. The van der Waals surface area contributed by atoms with Crippen LogP contribution in [-0.4, -0.2) is 78.6 Å². The van der Waals surface area contributed by atoms with E-state index in [0.717, 1.165) is 28.1 Å². The van der Waals surface area contributed by atoms with Gasteiger partial charge in [0.2, 0.25) is 0 Å². The number of piperazine rings is 1. The van der Waals surface area contributed by atoms with Gasteiger partial charge < -0.3 is 14.5 Å². The van der Waals surface area contributed by atoms with Crippen LogP contribution < -0.4 is 9.64 Å². The lowest BCUT2D eigenvalue weighted by Crippen LogP contribution is -2.48. The van der Waals surface area contributed by atoms with Crippen molar-refractivity contribution in [3.05, 3.63) is 75.2 Å². The highest BCUT2D eigenvalue weighted by Crippen LogP contribution is 2.35. The number of hydrogen-bond donors (Lipinski definition) is 0. The predicted octanol–water partition coefficient (Wildman–Crippen LogP) is 6.39. The molecule has 5 rings (SSSR count). The normalized spacial score (nSPS) is 17.2. The van der Waals surface area contributed by atoms with E-state index >= 15 is 0 Å². The third-order valence-electron chi connectivity index (χ3n) is 7.83. The Bertz CT molecular complexity index is 1490. The molecule has 0 bridgehead atoms. The first-order chi connectivity index (χ1) is 20.8. The van der Waals surface area contributed by atoms with Gasteiger partial charge in [-0.1, -0.05) is 18.2 Å². The van der Waals surface area contributed by atoms with Crippen molar-refractivity contribution in [1.29, 1.82) is 0 Å². The highest BCUT2D eigenvalue weighted by molar-refractivity contribution is 7.12. The number of piperidine rings is 1. The molecule has 236 valence electrons. The quantitative estimate of drug-likeness (QED) is 0.220. The number of benzene rings is 2. The number of anilines is 1. The molecule has 7 nitrogen and oxygen atoms in total. The summed E-state index contributed by atoms with van der Waals surface area (Å²) in [4.78, 5) is 37.0. The Morgan fingerprint density at radius 1 is 0.932 bits per heavy atom. The average Bonchev–Trinajstić information content (AvgIpc) is 3.38. The van der Waals surface area contributed by atoms with E-state index in [2.05, 4.69) is 9.72 Å². The summed E-state index contributed by atoms with van der Waals surface area (Å²) in [5.74, 6) is -1.21. The van der Waals surface area contributed by atoms with E-state index in [9.17, 15) is 35.9 Å². The molecule has 0 atom stereocenters. The third kappa shape index (κ3) is 7.52. The van der Waals surface area contributed by atoms with E-state index in [1.165, 1.54) is 40.5 Å². The van der Waals surface area contributed by atoms with Crippen molar-refractivity contribution in [2.75, 3.05) is 50.7 Å². The molecular formula is C30H30F6N4O3S. The van der Waals surface area contributed by atoms with Crippen molar-refractivity contribution in [2.24, 2.45) is 0 Å². The topological polar surface area (TPSA) is 66.0 Å². The predicted molar refractivity (Wildman–Crippen MR) is 152 cm³/mol. The van der Waals surface area contributed by atoms with Crippen LogP contribution in [0.1, 0.15) is 55.1 Å². The zero-order valence-corrected chi connectivity index (χ0v) is 24.6. The minimum atomic E-state index is -4.91. The molecule has 2 saturated heterocycles. The molecule has 0 N–H and O–H groups in total. The summed E-state index contributed by atoms with van der Waals surface area (Å²) < 4.78 is 81.8. The number of halogens is 6. The number of Topliss-reactive ketones (excluding diaryl/α,β-unsaturated/α-hetero) is 1. The monoisotopic (exact) mass is 640 g/mol. The van der Waals surface area contributed by atoms with Gasteiger partial charge in [-0.25, -0.2) is 4.98 Å². The van der Waals surface area contributed by atoms with Crippen LogP contribution in [0, 0.1) is 6.92 Å². The van der Waals surface area contributed by atoms with Crippen LogP contribution in [0.15, 0.2) is 48.5 Å². The second-order valence-corrected chi connectivity index (χ2v) is 12.0. The van der Waals surface area contributed by atoms with Gasteiger partial charge in [0.05, 0.1) is 22.7 Å². The maximum absolute atomic E-state index is 13.2. The van der Waals surface area contributed by atoms with Gasteiger partial charge >= 0.3 is 12.5 Å². The van der Waals surface area contributed by atoms with E-state index in [1.807, 2.05) is 16.7 Å². The number of aromatic nitrogens is 1. The number of ether oxygens (including phenoxy) is 1. The van der Waals surface area contributed by atoms with Gasteiger partial charge in [0, 0.05) is 55.8 Å². The molecule has 1 amide bonds. The van der Waals surface area contributed by atoms with Crippen LogP contribution in [0.2, 0.25) is 0 Å². The molecule has 0 saturated carbocycles. The molecule has 2 aliphatic rings. The van der Waals surface area contributed by atoms with Crippen LogP contribution in [0.3, 0.4) is 0 Å². The third-order valence-corrected chi connectivity index (χ3v) is 8.96. The van der Waals surface area contributed by atoms with E-state index in [4.69, 9.17) is 0 Å². The number of rotatable bonds is 7. The van der Waals surface area contributed by atoms with Crippen molar-refractivity contribution in [1.82, 2.24) is 14.8 Å². The minimum absolute atomic E-state index is 0.00183. The second-order valence-electron chi connectivity index (χ2n) is 10.8. The molecule has 1 aromatic heterocycles. The summed E-state index contributed by atoms with van der Waals surface area (Å²) in [5.41, 5.74) is 0.0388. The Balaban J connectivity index is 1.14. The number of alkyl halides is 6. The number of likely N-dealkylation sites (tertiary alicyclic amines) is 1. The van der Waals surface area contributed by atoms with Crippen molar-refractivity contribution in [2.45, 2.75) is 38.2 Å². The van der Waals surface area contributed by atoms with Crippen molar-refractivity contribution >= 4 is 28.7 Å². The Labute approximate surface area is 254 Å². The van der Waals surface area contributed by atoms with Crippen LogP contribution >= 0.6 is 11.3 Å². The van der Waals surface area contributed by atoms with Crippen LogP contribution in [-0.2, 0) is 6.18 Å². The highest BCUT2D eigenvalue weighted by Gasteiger charge is 2.35. The van der Waals surface area contributed by atoms with Gasteiger partial charge in [0.1, 0.15) is 11.4 Å². The van der Waals surface area contributed by atoms with Crippen molar-refractivity contribution < 1.29 is 40.7 Å². The first-order valence-electron chi connectivity index (χ1n) is 14.1. The maximum atomic E-state index is 13.2. The Hall–Kier alpha value is -3.65. The molecule has 2 aliphatic heterocycles. The van der Waals surface area contributed by atoms with Gasteiger partial charge in [-0.2, -0.15) is 13.2 Å². The van der Waals surface area contributed by atoms with Gasteiger partial charge in [0.25, 0.3) is 5.91 Å². The first-order valence-corrected chi connectivity index (χ1v) is 14.9. The van der Waals surface area contributed by atoms with Crippen LogP contribution in [0.25, 0.3) is 0 Å². The molecule has 3 aromatic rings. The van der Waals surface area contributed by atoms with Crippen molar-refractivity contribution in [3.63, 3.8) is 0 Å². The summed E-state index contributed by atoms with van der Waals surface area (Å²) in [6.07, 6.45) is -8.23. The Morgan fingerprint density at radius 2 is 1.61 bits per heavy atom.